The predicted octanol–water partition coefficient (Wildman–Crippen LogP) is 5.11. The maximum atomic E-state index is 12.3. The number of rotatable bonds is 4. The van der Waals surface area contributed by atoms with Gasteiger partial charge in [-0.15, -0.1) is 0 Å². The molecule has 0 atom stereocenters. The third kappa shape index (κ3) is 4.26. The summed E-state index contributed by atoms with van der Waals surface area (Å²) in [4.78, 5) is 0.175. The zero-order valence-electron chi connectivity index (χ0n) is 12.7. The topological polar surface area (TPSA) is 43.4 Å². The van der Waals surface area contributed by atoms with Crippen LogP contribution in [-0.2, 0) is 10.1 Å². The quantitative estimate of drug-likeness (QED) is 0.489. The molecule has 0 N–H and O–H groups in total. The van der Waals surface area contributed by atoms with Crippen molar-refractivity contribution in [1.82, 2.24) is 0 Å². The lowest BCUT2D eigenvalue weighted by Crippen LogP contribution is -2.10. The molecule has 122 valence electrons. The summed E-state index contributed by atoms with van der Waals surface area (Å²) in [5, 5.41) is 0. The van der Waals surface area contributed by atoms with Crippen LogP contribution in [0.5, 0.6) is 5.75 Å². The third-order valence-corrected chi connectivity index (χ3v) is 6.25. The Kier molecular flexibility index (Phi) is 5.26. The highest BCUT2D eigenvalue weighted by molar-refractivity contribution is 14.1. The van der Waals surface area contributed by atoms with Gasteiger partial charge in [0, 0.05) is 3.57 Å². The van der Waals surface area contributed by atoms with Crippen LogP contribution in [0, 0.1) is 3.57 Å². The number of hydrogen-bond acceptors (Lipinski definition) is 3. The van der Waals surface area contributed by atoms with Crippen molar-refractivity contribution < 1.29 is 12.6 Å². The fourth-order valence-electron chi connectivity index (χ4n) is 3.01. The van der Waals surface area contributed by atoms with E-state index >= 15 is 0 Å². The van der Waals surface area contributed by atoms with Gasteiger partial charge >= 0.3 is 10.1 Å². The number of halogens is 1. The summed E-state index contributed by atoms with van der Waals surface area (Å²) in [5.41, 5.74) is 1.28. The first kappa shape index (κ1) is 16.8. The van der Waals surface area contributed by atoms with Crippen molar-refractivity contribution in [3.8, 4) is 5.75 Å². The van der Waals surface area contributed by atoms with Gasteiger partial charge in [0.15, 0.2) is 0 Å². The van der Waals surface area contributed by atoms with Gasteiger partial charge in [0.25, 0.3) is 0 Å². The third-order valence-electron chi connectivity index (χ3n) is 4.26. The molecular weight excluding hydrogens is 423 g/mol. The van der Waals surface area contributed by atoms with Crippen molar-refractivity contribution in [2.24, 2.45) is 0 Å². The Morgan fingerprint density at radius 2 is 1.48 bits per heavy atom. The second-order valence-corrected chi connectivity index (χ2v) is 8.69. The zero-order chi connectivity index (χ0) is 16.3. The molecule has 0 saturated heterocycles. The van der Waals surface area contributed by atoms with Crippen molar-refractivity contribution in [1.29, 1.82) is 0 Å². The van der Waals surface area contributed by atoms with E-state index in [1.807, 2.05) is 12.1 Å². The Morgan fingerprint density at radius 1 is 0.870 bits per heavy atom. The van der Waals surface area contributed by atoms with Gasteiger partial charge in [-0.2, -0.15) is 8.42 Å². The predicted molar refractivity (Wildman–Crippen MR) is 99.2 cm³/mol. The molecule has 0 aliphatic heterocycles. The van der Waals surface area contributed by atoms with E-state index in [4.69, 9.17) is 4.18 Å². The highest BCUT2D eigenvalue weighted by Crippen LogP contribution is 2.33. The van der Waals surface area contributed by atoms with E-state index in [1.165, 1.54) is 37.7 Å². The molecule has 3 nitrogen and oxygen atoms in total. The van der Waals surface area contributed by atoms with Crippen molar-refractivity contribution in [3.63, 3.8) is 0 Å². The summed E-state index contributed by atoms with van der Waals surface area (Å²) in [6, 6.07) is 14.1. The lowest BCUT2D eigenvalue weighted by Gasteiger charge is -2.22. The second kappa shape index (κ2) is 7.21. The molecule has 3 rings (SSSR count). The summed E-state index contributed by atoms with van der Waals surface area (Å²) >= 11 is 2.14. The van der Waals surface area contributed by atoms with E-state index in [0.717, 1.165) is 3.57 Å². The van der Waals surface area contributed by atoms with Crippen LogP contribution in [0.15, 0.2) is 53.4 Å². The van der Waals surface area contributed by atoms with Gasteiger partial charge in [0.05, 0.1) is 0 Å². The minimum atomic E-state index is -3.77. The normalized spacial score (nSPS) is 16.2. The van der Waals surface area contributed by atoms with Gasteiger partial charge in [-0.3, -0.25) is 0 Å². The van der Waals surface area contributed by atoms with E-state index in [9.17, 15) is 8.42 Å². The summed E-state index contributed by atoms with van der Waals surface area (Å²) in [7, 11) is -3.77. The highest BCUT2D eigenvalue weighted by Gasteiger charge is 2.18. The standard InChI is InChI=1S/C18H19IO3S/c19-16-8-12-18(13-9-16)23(20,21)22-17-10-6-15(7-11-17)14-4-2-1-3-5-14/h6-14H,1-5H2. The fourth-order valence-corrected chi connectivity index (χ4v) is 4.30. The molecule has 0 aromatic heterocycles. The van der Waals surface area contributed by atoms with Crippen molar-refractivity contribution in [3.05, 3.63) is 57.7 Å². The summed E-state index contributed by atoms with van der Waals surface area (Å²) in [5.74, 6) is 0.966. The van der Waals surface area contributed by atoms with Crippen LogP contribution in [0.3, 0.4) is 0 Å². The minimum Gasteiger partial charge on any atom is -0.379 e. The van der Waals surface area contributed by atoms with Gasteiger partial charge in [0.2, 0.25) is 0 Å². The first-order valence-electron chi connectivity index (χ1n) is 7.85. The Labute approximate surface area is 151 Å². The lowest BCUT2D eigenvalue weighted by atomic mass is 9.84. The molecule has 0 heterocycles. The average molecular weight is 442 g/mol. The fraction of sp³-hybridized carbons (Fsp3) is 0.333. The Bertz CT molecular complexity index is 746. The zero-order valence-corrected chi connectivity index (χ0v) is 15.7. The van der Waals surface area contributed by atoms with E-state index < -0.39 is 10.1 Å². The monoisotopic (exact) mass is 442 g/mol. The molecule has 2 aromatic carbocycles. The van der Waals surface area contributed by atoms with Crippen LogP contribution in [-0.4, -0.2) is 8.42 Å². The van der Waals surface area contributed by atoms with Crippen molar-refractivity contribution in [2.45, 2.75) is 42.9 Å². The molecule has 1 fully saturated rings. The van der Waals surface area contributed by atoms with Crippen LogP contribution in [0.4, 0.5) is 0 Å². The average Bonchev–Trinajstić information content (AvgIpc) is 2.56. The first-order valence-corrected chi connectivity index (χ1v) is 10.3. The van der Waals surface area contributed by atoms with E-state index in [1.54, 1.807) is 36.4 Å². The molecule has 0 unspecified atom stereocenters. The maximum Gasteiger partial charge on any atom is 0.339 e. The molecule has 1 saturated carbocycles. The van der Waals surface area contributed by atoms with Crippen LogP contribution in [0.1, 0.15) is 43.6 Å². The van der Waals surface area contributed by atoms with Crippen LogP contribution < -0.4 is 4.18 Å². The van der Waals surface area contributed by atoms with Crippen LogP contribution in [0.2, 0.25) is 0 Å². The molecule has 0 spiro atoms. The van der Waals surface area contributed by atoms with Crippen LogP contribution >= 0.6 is 22.6 Å². The van der Waals surface area contributed by atoms with E-state index in [0.29, 0.717) is 11.7 Å². The van der Waals surface area contributed by atoms with Gasteiger partial charge in [-0.25, -0.2) is 0 Å². The van der Waals surface area contributed by atoms with Crippen molar-refractivity contribution >= 4 is 32.7 Å². The molecule has 1 aliphatic rings. The largest absolute Gasteiger partial charge is 0.379 e. The van der Waals surface area contributed by atoms with Gasteiger partial charge in [-0.05, 0) is 83.3 Å². The summed E-state index contributed by atoms with van der Waals surface area (Å²) in [6.07, 6.45) is 6.34. The molecular formula is C18H19IO3S. The number of benzene rings is 2. The van der Waals surface area contributed by atoms with Crippen molar-refractivity contribution in [2.75, 3.05) is 0 Å². The maximum absolute atomic E-state index is 12.3. The minimum absolute atomic E-state index is 0.175. The van der Waals surface area contributed by atoms with Gasteiger partial charge < -0.3 is 4.18 Å². The Balaban J connectivity index is 1.73. The molecule has 0 amide bonds. The van der Waals surface area contributed by atoms with Crippen LogP contribution in [0.25, 0.3) is 0 Å². The summed E-state index contributed by atoms with van der Waals surface area (Å²) in [6.45, 7) is 0. The summed E-state index contributed by atoms with van der Waals surface area (Å²) < 4.78 is 30.8. The Morgan fingerprint density at radius 3 is 2.09 bits per heavy atom. The smallest absolute Gasteiger partial charge is 0.339 e. The molecule has 2 aromatic rings. The van der Waals surface area contributed by atoms with Gasteiger partial charge in [-0.1, -0.05) is 31.4 Å². The number of hydrogen-bond donors (Lipinski definition) is 0. The molecule has 23 heavy (non-hydrogen) atoms. The lowest BCUT2D eigenvalue weighted by molar-refractivity contribution is 0.443. The van der Waals surface area contributed by atoms with E-state index in [-0.39, 0.29) is 4.90 Å². The van der Waals surface area contributed by atoms with E-state index in [2.05, 4.69) is 22.6 Å². The molecule has 0 radical (unpaired) electrons. The Hall–Kier alpha value is -1.08. The SMILES string of the molecule is O=S(=O)(Oc1ccc(C2CCCCC2)cc1)c1ccc(I)cc1. The highest BCUT2D eigenvalue weighted by atomic mass is 127. The first-order chi connectivity index (χ1) is 11.0. The molecule has 5 heteroatoms. The molecule has 1 aliphatic carbocycles. The van der Waals surface area contributed by atoms with Gasteiger partial charge in [0.1, 0.15) is 10.6 Å². The second-order valence-electron chi connectivity index (χ2n) is 5.90. The molecule has 0 bridgehead atoms.